The van der Waals surface area contributed by atoms with Crippen LogP contribution in [0.25, 0.3) is 0 Å². The number of carbonyl (C=O) groups is 1. The van der Waals surface area contributed by atoms with E-state index in [1.807, 2.05) is 30.3 Å². The first-order chi connectivity index (χ1) is 21.9. The van der Waals surface area contributed by atoms with Crippen molar-refractivity contribution in [3.05, 3.63) is 118 Å². The van der Waals surface area contributed by atoms with Crippen LogP contribution in [-0.4, -0.2) is 43.4 Å². The highest BCUT2D eigenvalue weighted by atomic mass is 32.2. The molecule has 6 rings (SSSR count). The summed E-state index contributed by atoms with van der Waals surface area (Å²) in [5.74, 6) is -0.223. The van der Waals surface area contributed by atoms with Crippen molar-refractivity contribution in [1.29, 1.82) is 0 Å². The number of rotatable bonds is 11. The van der Waals surface area contributed by atoms with Gasteiger partial charge >= 0.3 is 6.18 Å². The first-order valence-electron chi connectivity index (χ1n) is 15.2. The molecule has 1 saturated heterocycles. The Kier molecular flexibility index (Phi) is 8.82. The molecule has 0 spiro atoms. The summed E-state index contributed by atoms with van der Waals surface area (Å²) >= 11 is 0. The number of nitrogens with one attached hydrogen (secondary N) is 3. The fourth-order valence-corrected chi connectivity index (χ4v) is 7.40. The summed E-state index contributed by atoms with van der Waals surface area (Å²) in [6, 6.07) is 18.3. The number of hydrogen-bond donors (Lipinski definition) is 3. The van der Waals surface area contributed by atoms with Gasteiger partial charge in [-0.15, -0.1) is 0 Å². The van der Waals surface area contributed by atoms with E-state index in [0.29, 0.717) is 42.3 Å². The van der Waals surface area contributed by atoms with Gasteiger partial charge in [0.1, 0.15) is 11.4 Å². The maximum atomic E-state index is 13.8. The first kappa shape index (κ1) is 32.0. The van der Waals surface area contributed by atoms with Crippen molar-refractivity contribution in [2.45, 2.75) is 61.4 Å². The minimum atomic E-state index is -4.53. The van der Waals surface area contributed by atoms with Gasteiger partial charge in [0.2, 0.25) is 5.91 Å². The van der Waals surface area contributed by atoms with E-state index in [0.717, 1.165) is 59.1 Å². The van der Waals surface area contributed by atoms with Crippen molar-refractivity contribution >= 4 is 15.9 Å². The van der Waals surface area contributed by atoms with E-state index in [-0.39, 0.29) is 23.8 Å². The van der Waals surface area contributed by atoms with Gasteiger partial charge < -0.3 is 5.32 Å². The van der Waals surface area contributed by atoms with Gasteiger partial charge in [-0.1, -0.05) is 54.6 Å². The Hall–Kier alpha value is -3.96. The molecule has 242 valence electrons. The zero-order valence-electron chi connectivity index (χ0n) is 24.9. The highest BCUT2D eigenvalue weighted by molar-refractivity contribution is 7.89. The molecule has 46 heavy (non-hydrogen) atoms. The minimum Gasteiger partial charge on any atom is -0.354 e. The summed E-state index contributed by atoms with van der Waals surface area (Å²) in [4.78, 5) is 13.5. The van der Waals surface area contributed by atoms with Gasteiger partial charge in [0.25, 0.3) is 10.0 Å². The van der Waals surface area contributed by atoms with E-state index in [4.69, 9.17) is 0 Å². The number of hydrogen-bond acceptors (Lipinski definition) is 5. The van der Waals surface area contributed by atoms with Crippen LogP contribution >= 0.6 is 0 Å². The summed E-state index contributed by atoms with van der Waals surface area (Å²) in [7, 11) is -4.22. The fourth-order valence-electron chi connectivity index (χ4n) is 5.95. The number of sulfonamides is 1. The molecule has 2 fully saturated rings. The average Bonchev–Trinajstić information content (AvgIpc) is 3.40. The standard InChI is InChI=1S/C34H34F4N4O3S/c35-28-13-15-30(16-14-28)46(44,45)42(21-25-9-11-27(12-10-25)34(36,37)38)29-17-26(18-29)31-40-22-33(41-31,19-23-5-2-1-3-6-23)32(43)39-20-24-7-4-8-24/h1-3,5-6,9-16,24,31,40-41H,4,7-8,17,19-22H2,(H,39,43). The van der Waals surface area contributed by atoms with E-state index in [1.165, 1.54) is 18.6 Å². The number of nitrogens with zero attached hydrogens (tertiary/aromatic N) is 1. The van der Waals surface area contributed by atoms with Gasteiger partial charge in [0.15, 0.2) is 0 Å². The smallest absolute Gasteiger partial charge is 0.354 e. The molecule has 1 saturated carbocycles. The Morgan fingerprint density at radius 1 is 0.978 bits per heavy atom. The Bertz CT molecular complexity index is 1750. The normalized spacial score (nSPS) is 21.5. The topological polar surface area (TPSA) is 90.5 Å². The zero-order chi connectivity index (χ0) is 32.5. The third kappa shape index (κ3) is 6.76. The van der Waals surface area contributed by atoms with Gasteiger partial charge in [-0.2, -0.15) is 13.2 Å². The van der Waals surface area contributed by atoms with Crippen molar-refractivity contribution in [3.63, 3.8) is 0 Å². The van der Waals surface area contributed by atoms with E-state index in [1.54, 1.807) is 0 Å². The summed E-state index contributed by atoms with van der Waals surface area (Å²) in [6.07, 6.45) is -0.976. The maximum Gasteiger partial charge on any atom is 0.416 e. The molecule has 3 N–H and O–H groups in total. The summed E-state index contributed by atoms with van der Waals surface area (Å²) in [6.45, 7) is 0.710. The summed E-state index contributed by atoms with van der Waals surface area (Å²) < 4.78 is 81.6. The second kappa shape index (κ2) is 12.7. The largest absolute Gasteiger partial charge is 0.416 e. The van der Waals surface area contributed by atoms with Crippen LogP contribution in [0.15, 0.2) is 101 Å². The van der Waals surface area contributed by atoms with Crippen LogP contribution in [-0.2, 0) is 34.0 Å². The third-order valence-corrected chi connectivity index (χ3v) is 10.7. The van der Waals surface area contributed by atoms with Crippen molar-refractivity contribution in [3.8, 4) is 0 Å². The van der Waals surface area contributed by atoms with Gasteiger partial charge in [-0.3, -0.25) is 19.7 Å². The first-order valence-corrected chi connectivity index (χ1v) is 16.6. The molecule has 0 radical (unpaired) electrons. The van der Waals surface area contributed by atoms with Gasteiger partial charge in [0.05, 0.1) is 28.9 Å². The molecular formula is C34H34F4N4O3S. The predicted octanol–water partition coefficient (Wildman–Crippen LogP) is 5.27. The molecule has 7 nitrogen and oxygen atoms in total. The maximum absolute atomic E-state index is 13.8. The second-order valence-corrected chi connectivity index (χ2v) is 14.0. The van der Waals surface area contributed by atoms with Crippen LogP contribution in [0.3, 0.4) is 0 Å². The lowest BCUT2D eigenvalue weighted by Gasteiger charge is -2.33. The predicted molar refractivity (Wildman–Crippen MR) is 164 cm³/mol. The van der Waals surface area contributed by atoms with E-state index >= 15 is 0 Å². The molecular weight excluding hydrogens is 620 g/mol. The lowest BCUT2D eigenvalue weighted by atomic mass is 9.85. The molecule has 3 aromatic rings. The number of benzene rings is 3. The van der Waals surface area contributed by atoms with Crippen molar-refractivity contribution in [1.82, 2.24) is 20.3 Å². The third-order valence-electron chi connectivity index (χ3n) is 8.91. The second-order valence-electron chi connectivity index (χ2n) is 12.1. The highest BCUT2D eigenvalue weighted by Gasteiger charge is 2.47. The van der Waals surface area contributed by atoms with Gasteiger partial charge in [-0.25, -0.2) is 12.8 Å². The molecule has 0 bridgehead atoms. The Labute approximate surface area is 265 Å². The number of alkyl halides is 3. The number of halogens is 4. The minimum absolute atomic E-state index is 0.106. The molecule has 2 atom stereocenters. The highest BCUT2D eigenvalue weighted by Crippen LogP contribution is 2.35. The number of carbonyl (C=O) groups excluding carboxylic acids is 1. The van der Waals surface area contributed by atoms with Crippen LogP contribution in [0, 0.1) is 11.7 Å². The lowest BCUT2D eigenvalue weighted by Crippen LogP contribution is -2.59. The molecule has 1 amide bonds. The van der Waals surface area contributed by atoms with Crippen LogP contribution in [0.1, 0.15) is 42.4 Å². The number of amides is 1. The Morgan fingerprint density at radius 3 is 2.26 bits per heavy atom. The molecule has 2 aliphatic carbocycles. The van der Waals surface area contributed by atoms with Crippen LogP contribution in [0.5, 0.6) is 0 Å². The van der Waals surface area contributed by atoms with Gasteiger partial charge in [-0.05, 0) is 66.3 Å². The van der Waals surface area contributed by atoms with E-state index in [2.05, 4.69) is 21.7 Å². The molecule has 2 unspecified atom stereocenters. The van der Waals surface area contributed by atoms with Gasteiger partial charge in [0, 0.05) is 31.5 Å². The quantitative estimate of drug-likeness (QED) is 0.194. The monoisotopic (exact) mass is 654 g/mol. The van der Waals surface area contributed by atoms with Crippen LogP contribution < -0.4 is 16.0 Å². The molecule has 3 aliphatic rings. The molecule has 1 aliphatic heterocycles. The summed E-state index contributed by atoms with van der Waals surface area (Å²) in [5, 5.41) is 9.97. The SMILES string of the molecule is O=C(NCC1CCC1)C1(Cc2ccccc2)CNC(C2=C=C(N(Cc3ccc(C(F)(F)F)cc3)S(=O)(=O)c3ccc(F)cc3)C2)N1. The molecule has 3 aromatic carbocycles. The Balaban J connectivity index is 1.27. The van der Waals surface area contributed by atoms with Crippen molar-refractivity contribution in [2.75, 3.05) is 13.1 Å². The molecule has 1 heterocycles. The van der Waals surface area contributed by atoms with Crippen LogP contribution in [0.2, 0.25) is 0 Å². The zero-order valence-corrected chi connectivity index (χ0v) is 25.7. The summed E-state index contributed by atoms with van der Waals surface area (Å²) in [5.41, 5.74) is 3.70. The molecule has 12 heteroatoms. The average molecular weight is 655 g/mol. The Morgan fingerprint density at radius 2 is 1.65 bits per heavy atom. The molecule has 0 aromatic heterocycles. The van der Waals surface area contributed by atoms with Crippen molar-refractivity contribution < 1.29 is 30.8 Å². The van der Waals surface area contributed by atoms with Crippen LogP contribution in [0.4, 0.5) is 17.6 Å². The van der Waals surface area contributed by atoms with E-state index in [9.17, 15) is 30.8 Å². The lowest BCUT2D eigenvalue weighted by molar-refractivity contribution is -0.137. The van der Waals surface area contributed by atoms with E-state index < -0.39 is 39.3 Å². The fraction of sp³-hybridized carbons (Fsp3) is 0.353. The van der Waals surface area contributed by atoms with Crippen molar-refractivity contribution in [2.24, 2.45) is 5.92 Å².